The maximum Gasteiger partial charge on any atom is 0.416 e. The molecule has 0 bridgehead atoms. The molecule has 0 aliphatic heterocycles. The van der Waals surface area contributed by atoms with Crippen LogP contribution in [0.1, 0.15) is 74.9 Å². The third kappa shape index (κ3) is 2.94. The van der Waals surface area contributed by atoms with Crippen LogP contribution in [0.5, 0.6) is 0 Å². The van der Waals surface area contributed by atoms with Crippen molar-refractivity contribution >= 4 is 43.5 Å². The lowest BCUT2D eigenvalue weighted by molar-refractivity contribution is -0.138. The average Bonchev–Trinajstić information content (AvgIpc) is 3.34. The van der Waals surface area contributed by atoms with Crippen LogP contribution < -0.4 is 0 Å². The SMILES string of the molecule is Cc1c2c(c3snnc3c1C(C)(C)C(C)(C)c1c(C(F)(F)F)ccc3nnsc13)C(C)(C)C2. The van der Waals surface area contributed by atoms with Crippen molar-refractivity contribution in [2.45, 2.75) is 77.3 Å². The Balaban J connectivity index is 1.83. The smallest absolute Gasteiger partial charge is 0.166 e. The van der Waals surface area contributed by atoms with Crippen LogP contribution in [0.25, 0.3) is 20.4 Å². The summed E-state index contributed by atoms with van der Waals surface area (Å²) in [4.78, 5) is 0. The van der Waals surface area contributed by atoms with Gasteiger partial charge in [-0.2, -0.15) is 13.2 Å². The molecule has 0 amide bonds. The molecule has 4 aromatic rings. The number of hydrogen-bond acceptors (Lipinski definition) is 6. The minimum Gasteiger partial charge on any atom is -0.166 e. The molecule has 5 rings (SSSR count). The quantitative estimate of drug-likeness (QED) is 0.307. The van der Waals surface area contributed by atoms with Gasteiger partial charge < -0.3 is 0 Å². The molecule has 0 spiro atoms. The van der Waals surface area contributed by atoms with Crippen LogP contribution in [-0.2, 0) is 28.8 Å². The molecule has 0 saturated heterocycles. The lowest BCUT2D eigenvalue weighted by Gasteiger charge is -2.47. The van der Waals surface area contributed by atoms with Crippen LogP contribution in [0.2, 0.25) is 0 Å². The second-order valence-electron chi connectivity index (χ2n) is 10.7. The first kappa shape index (κ1) is 22.7. The predicted octanol–water partition coefficient (Wildman–Crippen LogP) is 7.11. The molecule has 0 atom stereocenters. The van der Waals surface area contributed by atoms with Crippen LogP contribution in [0.4, 0.5) is 13.2 Å². The maximum atomic E-state index is 14.2. The molecule has 33 heavy (non-hydrogen) atoms. The third-order valence-electron chi connectivity index (χ3n) is 7.91. The number of nitrogens with zero attached hydrogens (tertiary/aromatic N) is 4. The first-order valence-electron chi connectivity index (χ1n) is 10.8. The normalized spacial score (nSPS) is 16.3. The fraction of sp³-hybridized carbons (Fsp3) is 0.500. The Labute approximate surface area is 198 Å². The van der Waals surface area contributed by atoms with E-state index in [0.29, 0.717) is 10.2 Å². The zero-order chi connectivity index (χ0) is 24.1. The van der Waals surface area contributed by atoms with Crippen molar-refractivity contribution in [1.82, 2.24) is 19.2 Å². The van der Waals surface area contributed by atoms with E-state index >= 15 is 0 Å². The summed E-state index contributed by atoms with van der Waals surface area (Å²) < 4.78 is 52.5. The molecule has 4 nitrogen and oxygen atoms in total. The van der Waals surface area contributed by atoms with Crippen LogP contribution in [-0.4, -0.2) is 19.2 Å². The summed E-state index contributed by atoms with van der Waals surface area (Å²) >= 11 is 2.40. The number of aromatic nitrogens is 4. The second-order valence-corrected chi connectivity index (χ2v) is 12.2. The summed E-state index contributed by atoms with van der Waals surface area (Å²) in [7, 11) is 0. The van der Waals surface area contributed by atoms with Gasteiger partial charge in [-0.15, -0.1) is 10.2 Å². The van der Waals surface area contributed by atoms with E-state index in [0.717, 1.165) is 45.4 Å². The largest absolute Gasteiger partial charge is 0.416 e. The Kier molecular flexibility index (Phi) is 4.61. The van der Waals surface area contributed by atoms with Crippen molar-refractivity contribution < 1.29 is 13.2 Å². The van der Waals surface area contributed by atoms with Gasteiger partial charge in [0.1, 0.15) is 11.0 Å². The standard InChI is InChI=1S/C24H25F3N4S2/c1-11-12-10-21(2,3)16(12)20-18(29-31-33-20)15(11)22(4,5)23(6,7)17-13(24(25,26)27)8-9-14-19(17)32-30-28-14/h8-9H,10H2,1-7H3. The first-order valence-corrected chi connectivity index (χ1v) is 12.4. The van der Waals surface area contributed by atoms with Gasteiger partial charge in [0.25, 0.3) is 0 Å². The molecule has 2 heterocycles. The van der Waals surface area contributed by atoms with E-state index in [1.165, 1.54) is 28.7 Å². The highest BCUT2D eigenvalue weighted by atomic mass is 32.1. The number of fused-ring (bicyclic) bond motifs is 4. The molecule has 9 heteroatoms. The number of hydrogen-bond donors (Lipinski definition) is 0. The van der Waals surface area contributed by atoms with E-state index in [1.807, 2.05) is 27.7 Å². The van der Waals surface area contributed by atoms with Crippen molar-refractivity contribution in [3.8, 4) is 0 Å². The summed E-state index contributed by atoms with van der Waals surface area (Å²) in [5.41, 5.74) is 4.01. The van der Waals surface area contributed by atoms with Gasteiger partial charge in [0.2, 0.25) is 0 Å². The van der Waals surface area contributed by atoms with Crippen molar-refractivity contribution in [3.63, 3.8) is 0 Å². The predicted molar refractivity (Wildman–Crippen MR) is 127 cm³/mol. The van der Waals surface area contributed by atoms with Crippen molar-refractivity contribution in [3.05, 3.63) is 45.5 Å². The lowest BCUT2D eigenvalue weighted by atomic mass is 9.56. The zero-order valence-corrected chi connectivity index (χ0v) is 21.2. The molecule has 0 unspecified atom stereocenters. The van der Waals surface area contributed by atoms with Gasteiger partial charge in [0.15, 0.2) is 0 Å². The first-order chi connectivity index (χ1) is 15.2. The van der Waals surface area contributed by atoms with E-state index in [9.17, 15) is 13.2 Å². The molecule has 1 aliphatic carbocycles. The molecule has 2 aromatic carbocycles. The fourth-order valence-corrected chi connectivity index (χ4v) is 7.42. The number of alkyl halides is 3. The Morgan fingerprint density at radius 3 is 2.12 bits per heavy atom. The fourth-order valence-electron chi connectivity index (χ4n) is 5.63. The molecule has 174 valence electrons. The maximum absolute atomic E-state index is 14.2. The van der Waals surface area contributed by atoms with Crippen molar-refractivity contribution in [1.29, 1.82) is 0 Å². The Hall–Kier alpha value is -2.13. The zero-order valence-electron chi connectivity index (χ0n) is 19.6. The number of rotatable bonds is 3. The molecular formula is C24H25F3N4S2. The highest BCUT2D eigenvalue weighted by molar-refractivity contribution is 7.13. The minimum atomic E-state index is -4.49. The van der Waals surface area contributed by atoms with Crippen LogP contribution in [0.3, 0.4) is 0 Å². The van der Waals surface area contributed by atoms with E-state index in [-0.39, 0.29) is 11.0 Å². The minimum absolute atomic E-state index is 0.0497. The Bertz CT molecular complexity index is 1430. The number of halogens is 3. The Morgan fingerprint density at radius 1 is 0.879 bits per heavy atom. The molecule has 0 saturated carbocycles. The molecule has 0 fully saturated rings. The summed E-state index contributed by atoms with van der Waals surface area (Å²) in [5, 5.41) is 8.56. The van der Waals surface area contributed by atoms with Crippen LogP contribution in [0, 0.1) is 6.92 Å². The van der Waals surface area contributed by atoms with Gasteiger partial charge in [0.05, 0.1) is 15.0 Å². The summed E-state index contributed by atoms with van der Waals surface area (Å²) in [6.45, 7) is 14.4. The highest BCUT2D eigenvalue weighted by Crippen LogP contribution is 2.56. The van der Waals surface area contributed by atoms with E-state index in [1.54, 1.807) is 0 Å². The molecule has 0 radical (unpaired) electrons. The third-order valence-corrected chi connectivity index (χ3v) is 9.41. The summed E-state index contributed by atoms with van der Waals surface area (Å²) in [6, 6.07) is 2.55. The van der Waals surface area contributed by atoms with E-state index in [4.69, 9.17) is 0 Å². The summed E-state index contributed by atoms with van der Waals surface area (Å²) in [5.74, 6) is 0. The lowest BCUT2D eigenvalue weighted by Crippen LogP contribution is -2.44. The van der Waals surface area contributed by atoms with Gasteiger partial charge >= 0.3 is 6.18 Å². The topological polar surface area (TPSA) is 51.6 Å². The van der Waals surface area contributed by atoms with Gasteiger partial charge in [-0.05, 0) is 81.8 Å². The van der Waals surface area contributed by atoms with Crippen molar-refractivity contribution in [2.24, 2.45) is 0 Å². The molecule has 1 aliphatic rings. The van der Waals surface area contributed by atoms with Gasteiger partial charge in [-0.1, -0.05) is 50.5 Å². The van der Waals surface area contributed by atoms with E-state index in [2.05, 4.69) is 39.9 Å². The van der Waals surface area contributed by atoms with Crippen LogP contribution >= 0.6 is 23.1 Å². The van der Waals surface area contributed by atoms with Crippen molar-refractivity contribution in [2.75, 3.05) is 0 Å². The number of benzene rings is 2. The van der Waals surface area contributed by atoms with E-state index < -0.39 is 22.6 Å². The van der Waals surface area contributed by atoms with Gasteiger partial charge in [-0.25, -0.2) is 0 Å². The summed E-state index contributed by atoms with van der Waals surface area (Å²) in [6.07, 6.45) is -3.55. The molecular weight excluding hydrogens is 465 g/mol. The monoisotopic (exact) mass is 490 g/mol. The Morgan fingerprint density at radius 2 is 1.48 bits per heavy atom. The van der Waals surface area contributed by atoms with Gasteiger partial charge in [-0.3, -0.25) is 0 Å². The average molecular weight is 491 g/mol. The second kappa shape index (κ2) is 6.72. The highest BCUT2D eigenvalue weighted by Gasteiger charge is 2.50. The van der Waals surface area contributed by atoms with Crippen LogP contribution in [0.15, 0.2) is 12.1 Å². The molecule has 2 aromatic heterocycles. The molecule has 0 N–H and O–H groups in total. The van der Waals surface area contributed by atoms with Gasteiger partial charge in [0, 0.05) is 10.8 Å².